The molecule has 0 radical (unpaired) electrons. The molecule has 1 aromatic rings. The molecule has 0 spiro atoms. The van der Waals surface area contributed by atoms with E-state index in [2.05, 4.69) is 0 Å². The van der Waals surface area contributed by atoms with Crippen LogP contribution in [0.15, 0.2) is 36.6 Å². The summed E-state index contributed by atoms with van der Waals surface area (Å²) in [4.78, 5) is 10.7. The molecule has 14 heavy (non-hydrogen) atoms. The minimum atomic E-state index is -0.340. The molecular weight excluding hydrogens is 180 g/mol. The van der Waals surface area contributed by atoms with Crippen molar-refractivity contribution in [2.24, 2.45) is 0 Å². The summed E-state index contributed by atoms with van der Waals surface area (Å²) in [5.41, 5.74) is 0. The average Bonchev–Trinajstić information content (AvgIpc) is 2.14. The molecule has 0 saturated heterocycles. The summed E-state index contributed by atoms with van der Waals surface area (Å²) in [6.07, 6.45) is 3.34. The van der Waals surface area contributed by atoms with Gasteiger partial charge in [0.15, 0.2) is 0 Å². The van der Waals surface area contributed by atoms with E-state index in [0.717, 1.165) is 0 Å². The van der Waals surface area contributed by atoms with Crippen LogP contribution in [-0.4, -0.2) is 5.97 Å². The number of esters is 1. The molecule has 0 N–H and O–H groups in total. The van der Waals surface area contributed by atoms with Gasteiger partial charge in [-0.15, -0.1) is 0 Å². The SMILES string of the molecule is C/C=C\Oc1cccc(OC(C)=O)c1. The summed E-state index contributed by atoms with van der Waals surface area (Å²) in [5.74, 6) is 0.787. The molecular formula is C11H12O3. The van der Waals surface area contributed by atoms with Crippen molar-refractivity contribution in [3.8, 4) is 11.5 Å². The summed E-state index contributed by atoms with van der Waals surface area (Å²) in [6, 6.07) is 6.90. The van der Waals surface area contributed by atoms with Crippen molar-refractivity contribution in [3.05, 3.63) is 36.6 Å². The molecule has 0 atom stereocenters. The van der Waals surface area contributed by atoms with Crippen LogP contribution in [0.2, 0.25) is 0 Å². The van der Waals surface area contributed by atoms with Gasteiger partial charge in [-0.1, -0.05) is 12.1 Å². The van der Waals surface area contributed by atoms with Crippen LogP contribution in [-0.2, 0) is 4.79 Å². The van der Waals surface area contributed by atoms with Gasteiger partial charge < -0.3 is 9.47 Å². The molecule has 0 aliphatic carbocycles. The number of allylic oxidation sites excluding steroid dienone is 1. The molecule has 0 fully saturated rings. The lowest BCUT2D eigenvalue weighted by Gasteiger charge is -2.03. The van der Waals surface area contributed by atoms with Crippen LogP contribution in [0.4, 0.5) is 0 Å². The minimum Gasteiger partial charge on any atom is -0.465 e. The highest BCUT2D eigenvalue weighted by molar-refractivity contribution is 5.69. The summed E-state index contributed by atoms with van der Waals surface area (Å²) in [6.45, 7) is 3.22. The fraction of sp³-hybridized carbons (Fsp3) is 0.182. The highest BCUT2D eigenvalue weighted by Crippen LogP contribution is 2.19. The fourth-order valence-electron chi connectivity index (χ4n) is 0.924. The van der Waals surface area contributed by atoms with E-state index in [4.69, 9.17) is 9.47 Å². The predicted molar refractivity (Wildman–Crippen MR) is 53.2 cm³/mol. The quantitative estimate of drug-likeness (QED) is 0.419. The lowest BCUT2D eigenvalue weighted by molar-refractivity contribution is -0.131. The zero-order valence-electron chi connectivity index (χ0n) is 8.19. The van der Waals surface area contributed by atoms with E-state index >= 15 is 0 Å². The van der Waals surface area contributed by atoms with Gasteiger partial charge in [-0.3, -0.25) is 4.79 Å². The maximum absolute atomic E-state index is 10.7. The Labute approximate surface area is 83.0 Å². The Balaban J connectivity index is 2.73. The third kappa shape index (κ3) is 3.31. The Kier molecular flexibility index (Phi) is 3.73. The first-order chi connectivity index (χ1) is 6.72. The fourth-order valence-corrected chi connectivity index (χ4v) is 0.924. The Morgan fingerprint density at radius 3 is 2.71 bits per heavy atom. The molecule has 0 unspecified atom stereocenters. The van der Waals surface area contributed by atoms with Crippen molar-refractivity contribution in [2.75, 3.05) is 0 Å². The van der Waals surface area contributed by atoms with E-state index in [9.17, 15) is 4.79 Å². The first kappa shape index (κ1) is 10.3. The van der Waals surface area contributed by atoms with E-state index < -0.39 is 0 Å². The molecule has 3 heteroatoms. The van der Waals surface area contributed by atoms with E-state index in [-0.39, 0.29) is 5.97 Å². The Bertz CT molecular complexity index is 342. The van der Waals surface area contributed by atoms with Crippen molar-refractivity contribution < 1.29 is 14.3 Å². The van der Waals surface area contributed by atoms with E-state index in [1.807, 2.05) is 6.92 Å². The number of carbonyl (C=O) groups is 1. The number of hydrogen-bond donors (Lipinski definition) is 0. The largest absolute Gasteiger partial charge is 0.465 e. The standard InChI is InChI=1S/C11H12O3/c1-3-7-13-10-5-4-6-11(8-10)14-9(2)12/h3-8H,1-2H3/b7-3-. The maximum atomic E-state index is 10.7. The van der Waals surface area contributed by atoms with Gasteiger partial charge in [-0.2, -0.15) is 0 Å². The van der Waals surface area contributed by atoms with Gasteiger partial charge in [0.2, 0.25) is 0 Å². The molecule has 74 valence electrons. The summed E-state index contributed by atoms with van der Waals surface area (Å²) in [5, 5.41) is 0. The van der Waals surface area contributed by atoms with Crippen molar-refractivity contribution >= 4 is 5.97 Å². The summed E-state index contributed by atoms with van der Waals surface area (Å²) in [7, 11) is 0. The molecule has 0 aliphatic rings. The highest BCUT2D eigenvalue weighted by atomic mass is 16.5. The second-order valence-corrected chi connectivity index (χ2v) is 2.66. The predicted octanol–water partition coefficient (Wildman–Crippen LogP) is 2.52. The summed E-state index contributed by atoms with van der Waals surface area (Å²) < 4.78 is 10.1. The smallest absolute Gasteiger partial charge is 0.308 e. The molecule has 0 amide bonds. The maximum Gasteiger partial charge on any atom is 0.308 e. The molecule has 0 aliphatic heterocycles. The molecule has 0 heterocycles. The van der Waals surface area contributed by atoms with Gasteiger partial charge in [0.1, 0.15) is 11.5 Å². The third-order valence-electron chi connectivity index (χ3n) is 1.41. The zero-order valence-corrected chi connectivity index (χ0v) is 8.19. The normalized spacial score (nSPS) is 10.1. The van der Waals surface area contributed by atoms with Crippen LogP contribution in [0.25, 0.3) is 0 Å². The van der Waals surface area contributed by atoms with Gasteiger partial charge in [0.05, 0.1) is 6.26 Å². The zero-order chi connectivity index (χ0) is 10.4. The molecule has 0 aromatic heterocycles. The van der Waals surface area contributed by atoms with Crippen LogP contribution in [0, 0.1) is 0 Å². The van der Waals surface area contributed by atoms with Crippen molar-refractivity contribution in [1.82, 2.24) is 0 Å². The second kappa shape index (κ2) is 5.07. The number of rotatable bonds is 3. The number of hydrogen-bond acceptors (Lipinski definition) is 3. The second-order valence-electron chi connectivity index (χ2n) is 2.66. The Hall–Kier alpha value is -1.77. The third-order valence-corrected chi connectivity index (χ3v) is 1.41. The van der Waals surface area contributed by atoms with Gasteiger partial charge in [0, 0.05) is 13.0 Å². The number of benzene rings is 1. The molecule has 1 rings (SSSR count). The molecule has 3 nitrogen and oxygen atoms in total. The first-order valence-electron chi connectivity index (χ1n) is 4.28. The first-order valence-corrected chi connectivity index (χ1v) is 4.28. The van der Waals surface area contributed by atoms with Gasteiger partial charge in [-0.05, 0) is 19.1 Å². The summed E-state index contributed by atoms with van der Waals surface area (Å²) >= 11 is 0. The van der Waals surface area contributed by atoms with Gasteiger partial charge in [0.25, 0.3) is 0 Å². The monoisotopic (exact) mass is 192 g/mol. The van der Waals surface area contributed by atoms with Gasteiger partial charge >= 0.3 is 5.97 Å². The van der Waals surface area contributed by atoms with Crippen molar-refractivity contribution in [2.45, 2.75) is 13.8 Å². The highest BCUT2D eigenvalue weighted by Gasteiger charge is 1.99. The lowest BCUT2D eigenvalue weighted by Crippen LogP contribution is -2.01. The van der Waals surface area contributed by atoms with Crippen LogP contribution >= 0.6 is 0 Å². The molecule has 0 bridgehead atoms. The van der Waals surface area contributed by atoms with Gasteiger partial charge in [-0.25, -0.2) is 0 Å². The number of ether oxygens (including phenoxy) is 2. The van der Waals surface area contributed by atoms with E-state index in [0.29, 0.717) is 11.5 Å². The Morgan fingerprint density at radius 2 is 2.07 bits per heavy atom. The number of carbonyl (C=O) groups excluding carboxylic acids is 1. The molecule has 0 saturated carbocycles. The lowest BCUT2D eigenvalue weighted by atomic mass is 10.3. The van der Waals surface area contributed by atoms with Crippen molar-refractivity contribution in [3.63, 3.8) is 0 Å². The van der Waals surface area contributed by atoms with E-state index in [1.54, 1.807) is 36.6 Å². The van der Waals surface area contributed by atoms with E-state index in [1.165, 1.54) is 6.92 Å². The van der Waals surface area contributed by atoms with Crippen LogP contribution in [0.5, 0.6) is 11.5 Å². The van der Waals surface area contributed by atoms with Crippen LogP contribution in [0.3, 0.4) is 0 Å². The Morgan fingerprint density at radius 1 is 1.36 bits per heavy atom. The average molecular weight is 192 g/mol. The minimum absolute atomic E-state index is 0.340. The van der Waals surface area contributed by atoms with Crippen LogP contribution in [0.1, 0.15) is 13.8 Å². The topological polar surface area (TPSA) is 35.5 Å². The van der Waals surface area contributed by atoms with Crippen molar-refractivity contribution in [1.29, 1.82) is 0 Å². The van der Waals surface area contributed by atoms with Crippen LogP contribution < -0.4 is 9.47 Å². The molecule has 1 aromatic carbocycles.